The number of aliphatic hydroxyl groups excluding tert-OH is 3. The van der Waals surface area contributed by atoms with Crippen LogP contribution in [0.3, 0.4) is 0 Å². The third kappa shape index (κ3) is 5.60. The van der Waals surface area contributed by atoms with Crippen LogP contribution in [-0.4, -0.2) is 47.7 Å². The Morgan fingerprint density at radius 2 is 1.29 bits per heavy atom. The molecule has 0 amide bonds. The van der Waals surface area contributed by atoms with Gasteiger partial charge in [0.05, 0.1) is 19.8 Å². The third-order valence-corrected chi connectivity index (χ3v) is 4.56. The summed E-state index contributed by atoms with van der Waals surface area (Å²) >= 11 is 6.34. The van der Waals surface area contributed by atoms with Crippen LogP contribution in [0, 0.1) is 5.41 Å². The molecule has 118 valence electrons. The number of hydrogen-bond donors (Lipinski definition) is 3. The molecule has 3 N–H and O–H groups in total. The fourth-order valence-electron chi connectivity index (χ4n) is 1.31. The molecule has 7 heteroatoms. The van der Waals surface area contributed by atoms with Crippen molar-refractivity contribution in [2.45, 2.75) is 13.3 Å². The summed E-state index contributed by atoms with van der Waals surface area (Å²) in [5.41, 5.74) is 0.0822. The van der Waals surface area contributed by atoms with Crippen LogP contribution in [0.15, 0.2) is 21.1 Å². The van der Waals surface area contributed by atoms with Gasteiger partial charge in [0.15, 0.2) is 12.6 Å². The van der Waals surface area contributed by atoms with Crippen LogP contribution in [-0.2, 0) is 0 Å². The molecular formula is C14H18Br2O5. The first-order chi connectivity index (χ1) is 9.94. The average Bonchev–Trinajstić information content (AvgIpc) is 2.52. The maximum Gasteiger partial charge on any atom is 0.151 e. The van der Waals surface area contributed by atoms with Crippen LogP contribution in [0.25, 0.3) is 0 Å². The van der Waals surface area contributed by atoms with Gasteiger partial charge in [-0.25, -0.2) is 0 Å². The summed E-state index contributed by atoms with van der Waals surface area (Å²) in [7, 11) is 0. The van der Waals surface area contributed by atoms with Crippen molar-refractivity contribution in [2.24, 2.45) is 5.41 Å². The molecule has 0 radical (unpaired) electrons. The second-order valence-corrected chi connectivity index (χ2v) is 6.13. The summed E-state index contributed by atoms with van der Waals surface area (Å²) in [6, 6.07) is 3.42. The SMILES string of the molecule is CCC(CO)(CO)CO.O=Cc1c(Br)ccc(Br)c1C=O. The van der Waals surface area contributed by atoms with Crippen molar-refractivity contribution in [3.63, 3.8) is 0 Å². The molecule has 1 aromatic rings. The Kier molecular flexibility index (Phi) is 9.89. The Bertz CT molecular complexity index is 422. The Labute approximate surface area is 140 Å². The van der Waals surface area contributed by atoms with E-state index in [1.807, 2.05) is 6.92 Å². The van der Waals surface area contributed by atoms with Crippen molar-refractivity contribution in [2.75, 3.05) is 19.8 Å². The van der Waals surface area contributed by atoms with Gasteiger partial charge < -0.3 is 15.3 Å². The highest BCUT2D eigenvalue weighted by Crippen LogP contribution is 2.24. The predicted octanol–water partition coefficient (Wildman–Crippen LogP) is 2.20. The molecule has 0 fully saturated rings. The number of carbonyl (C=O) groups is 2. The highest BCUT2D eigenvalue weighted by atomic mass is 79.9. The zero-order valence-electron chi connectivity index (χ0n) is 11.6. The Hall–Kier alpha value is -0.600. The van der Waals surface area contributed by atoms with Gasteiger partial charge in [0.1, 0.15) is 0 Å². The van der Waals surface area contributed by atoms with Crippen LogP contribution in [0.2, 0.25) is 0 Å². The lowest BCUT2D eigenvalue weighted by Crippen LogP contribution is -2.32. The van der Waals surface area contributed by atoms with E-state index in [9.17, 15) is 9.59 Å². The smallest absolute Gasteiger partial charge is 0.151 e. The molecule has 0 atom stereocenters. The van der Waals surface area contributed by atoms with Crippen molar-refractivity contribution >= 4 is 44.4 Å². The number of aldehydes is 2. The quantitative estimate of drug-likeness (QED) is 0.607. The zero-order chi connectivity index (χ0) is 16.5. The van der Waals surface area contributed by atoms with Crippen LogP contribution in [0.1, 0.15) is 34.1 Å². The predicted molar refractivity (Wildman–Crippen MR) is 86.6 cm³/mol. The molecule has 0 heterocycles. The largest absolute Gasteiger partial charge is 0.396 e. The maximum absolute atomic E-state index is 10.5. The van der Waals surface area contributed by atoms with Gasteiger partial charge in [0, 0.05) is 25.5 Å². The number of hydrogen-bond acceptors (Lipinski definition) is 5. The Balaban J connectivity index is 0.000000400. The molecule has 0 aliphatic heterocycles. The second-order valence-electron chi connectivity index (χ2n) is 4.42. The number of rotatable bonds is 6. The molecule has 0 bridgehead atoms. The molecule has 0 saturated carbocycles. The monoisotopic (exact) mass is 424 g/mol. The molecular weight excluding hydrogens is 408 g/mol. The number of benzene rings is 1. The lowest BCUT2D eigenvalue weighted by atomic mass is 9.88. The van der Waals surface area contributed by atoms with Crippen molar-refractivity contribution in [1.29, 1.82) is 0 Å². The van der Waals surface area contributed by atoms with E-state index in [4.69, 9.17) is 15.3 Å². The summed E-state index contributed by atoms with van der Waals surface area (Å²) in [6.45, 7) is 1.35. The van der Waals surface area contributed by atoms with Gasteiger partial charge in [-0.1, -0.05) is 38.8 Å². The van der Waals surface area contributed by atoms with Gasteiger partial charge in [-0.3, -0.25) is 9.59 Å². The van der Waals surface area contributed by atoms with E-state index < -0.39 is 5.41 Å². The van der Waals surface area contributed by atoms with Crippen LogP contribution < -0.4 is 0 Å². The molecule has 0 unspecified atom stereocenters. The van der Waals surface area contributed by atoms with Crippen LogP contribution in [0.5, 0.6) is 0 Å². The summed E-state index contributed by atoms with van der Waals surface area (Å²) < 4.78 is 1.26. The van der Waals surface area contributed by atoms with E-state index in [1.54, 1.807) is 12.1 Å². The normalized spacial score (nSPS) is 10.6. The Morgan fingerprint density at radius 1 is 0.952 bits per heavy atom. The zero-order valence-corrected chi connectivity index (χ0v) is 14.7. The number of halogens is 2. The number of aliphatic hydroxyl groups is 3. The molecule has 21 heavy (non-hydrogen) atoms. The van der Waals surface area contributed by atoms with Crippen LogP contribution in [0.4, 0.5) is 0 Å². The Morgan fingerprint density at radius 3 is 1.43 bits per heavy atom. The molecule has 1 aromatic carbocycles. The molecule has 1 rings (SSSR count). The van der Waals surface area contributed by atoms with E-state index in [-0.39, 0.29) is 19.8 Å². The first kappa shape index (κ1) is 20.4. The van der Waals surface area contributed by atoms with E-state index in [2.05, 4.69) is 31.9 Å². The van der Waals surface area contributed by atoms with Crippen molar-refractivity contribution in [1.82, 2.24) is 0 Å². The number of carbonyl (C=O) groups excluding carboxylic acids is 2. The van der Waals surface area contributed by atoms with E-state index in [0.29, 0.717) is 39.1 Å². The standard InChI is InChI=1S/C8H4Br2O2.C6H14O3/c9-7-1-2-8(10)6(4-12)5(7)3-11;1-2-6(3-7,4-8)5-9/h1-4H;7-9H,2-5H2,1H3. The lowest BCUT2D eigenvalue weighted by Gasteiger charge is -2.24. The van der Waals surface area contributed by atoms with Gasteiger partial charge in [-0.15, -0.1) is 0 Å². The molecule has 0 saturated heterocycles. The minimum Gasteiger partial charge on any atom is -0.396 e. The molecule has 0 aromatic heterocycles. The van der Waals surface area contributed by atoms with Gasteiger partial charge in [0.25, 0.3) is 0 Å². The van der Waals surface area contributed by atoms with Crippen LogP contribution >= 0.6 is 31.9 Å². The maximum atomic E-state index is 10.5. The summed E-state index contributed by atoms with van der Waals surface area (Å²) in [6.07, 6.45) is 1.90. The highest BCUT2D eigenvalue weighted by Gasteiger charge is 2.24. The third-order valence-electron chi connectivity index (χ3n) is 3.17. The minimum absolute atomic E-state index is 0.156. The van der Waals surface area contributed by atoms with Gasteiger partial charge in [-0.05, 0) is 18.6 Å². The second kappa shape index (κ2) is 10.2. The fourth-order valence-corrected chi connectivity index (χ4v) is 2.19. The molecule has 0 aliphatic rings. The lowest BCUT2D eigenvalue weighted by molar-refractivity contribution is 0.00304. The van der Waals surface area contributed by atoms with E-state index >= 15 is 0 Å². The van der Waals surface area contributed by atoms with Gasteiger partial charge >= 0.3 is 0 Å². The highest BCUT2D eigenvalue weighted by molar-refractivity contribution is 9.11. The van der Waals surface area contributed by atoms with Crippen molar-refractivity contribution < 1.29 is 24.9 Å². The van der Waals surface area contributed by atoms with E-state index in [0.717, 1.165) is 0 Å². The molecule has 5 nitrogen and oxygen atoms in total. The topological polar surface area (TPSA) is 94.8 Å². The van der Waals surface area contributed by atoms with E-state index in [1.165, 1.54) is 0 Å². The first-order valence-electron chi connectivity index (χ1n) is 6.16. The summed E-state index contributed by atoms with van der Waals surface area (Å²) in [4.78, 5) is 21.1. The summed E-state index contributed by atoms with van der Waals surface area (Å²) in [5, 5.41) is 26.0. The molecule has 0 aliphatic carbocycles. The van der Waals surface area contributed by atoms with Gasteiger partial charge in [-0.2, -0.15) is 0 Å². The molecule has 0 spiro atoms. The summed E-state index contributed by atoms with van der Waals surface area (Å²) in [5.74, 6) is 0. The van der Waals surface area contributed by atoms with Crippen molar-refractivity contribution in [3.05, 3.63) is 32.2 Å². The van der Waals surface area contributed by atoms with Gasteiger partial charge in [0.2, 0.25) is 0 Å². The minimum atomic E-state index is -0.667. The first-order valence-corrected chi connectivity index (χ1v) is 7.74. The average molecular weight is 426 g/mol. The fraction of sp³-hybridized carbons (Fsp3) is 0.429. The van der Waals surface area contributed by atoms with Crippen molar-refractivity contribution in [3.8, 4) is 0 Å².